The van der Waals surface area contributed by atoms with Gasteiger partial charge in [0.2, 0.25) is 0 Å². The SMILES string of the molecule is c1ccc(-c2[nH]ncc2CNc2nnc(-c3cccs3)o2)cc1. The number of hydrogen-bond donors (Lipinski definition) is 2. The lowest BCUT2D eigenvalue weighted by molar-refractivity contribution is 0.582. The van der Waals surface area contributed by atoms with Crippen LogP contribution in [-0.2, 0) is 6.54 Å². The number of hydrogen-bond acceptors (Lipinski definition) is 6. The van der Waals surface area contributed by atoms with E-state index in [-0.39, 0.29) is 0 Å². The third kappa shape index (κ3) is 2.86. The molecule has 1 aromatic carbocycles. The third-order valence-electron chi connectivity index (χ3n) is 3.37. The molecule has 0 unspecified atom stereocenters. The molecule has 0 amide bonds. The number of nitrogens with zero attached hydrogens (tertiary/aromatic N) is 3. The first kappa shape index (κ1) is 13.7. The van der Waals surface area contributed by atoms with Gasteiger partial charge in [-0.2, -0.15) is 5.10 Å². The molecule has 0 bridgehead atoms. The van der Waals surface area contributed by atoms with Gasteiger partial charge < -0.3 is 9.73 Å². The average molecular weight is 323 g/mol. The largest absolute Gasteiger partial charge is 0.403 e. The zero-order valence-corrected chi connectivity index (χ0v) is 12.9. The van der Waals surface area contributed by atoms with Gasteiger partial charge in [-0.05, 0) is 17.0 Å². The molecule has 0 atom stereocenters. The Kier molecular flexibility index (Phi) is 3.61. The predicted octanol–water partition coefficient (Wildman–Crippen LogP) is 3.80. The summed E-state index contributed by atoms with van der Waals surface area (Å²) in [6.07, 6.45) is 1.80. The van der Waals surface area contributed by atoms with E-state index in [4.69, 9.17) is 4.42 Å². The van der Waals surface area contributed by atoms with Gasteiger partial charge in [-0.3, -0.25) is 5.10 Å². The first-order chi connectivity index (χ1) is 11.4. The van der Waals surface area contributed by atoms with Gasteiger partial charge in [0.15, 0.2) is 0 Å². The minimum atomic E-state index is 0.397. The molecule has 0 aliphatic rings. The van der Waals surface area contributed by atoms with Crippen molar-refractivity contribution in [1.29, 1.82) is 0 Å². The molecule has 3 aromatic heterocycles. The van der Waals surface area contributed by atoms with Gasteiger partial charge in [-0.25, -0.2) is 0 Å². The van der Waals surface area contributed by atoms with Gasteiger partial charge in [-0.1, -0.05) is 41.5 Å². The highest BCUT2D eigenvalue weighted by Crippen LogP contribution is 2.25. The van der Waals surface area contributed by atoms with Crippen molar-refractivity contribution < 1.29 is 4.42 Å². The summed E-state index contributed by atoms with van der Waals surface area (Å²) in [5, 5.41) is 20.3. The van der Waals surface area contributed by atoms with Crippen LogP contribution in [0.5, 0.6) is 0 Å². The number of aromatic nitrogens is 4. The van der Waals surface area contributed by atoms with Crippen LogP contribution in [0, 0.1) is 0 Å². The van der Waals surface area contributed by atoms with E-state index < -0.39 is 0 Å². The van der Waals surface area contributed by atoms with E-state index in [2.05, 4.69) is 25.7 Å². The second kappa shape index (κ2) is 6.05. The fourth-order valence-corrected chi connectivity index (χ4v) is 2.91. The molecule has 7 heteroatoms. The van der Waals surface area contributed by atoms with Crippen molar-refractivity contribution in [2.24, 2.45) is 0 Å². The summed E-state index contributed by atoms with van der Waals surface area (Å²) in [4.78, 5) is 0.957. The average Bonchev–Trinajstić information content (AvgIpc) is 3.33. The molecule has 3 heterocycles. The maximum Gasteiger partial charge on any atom is 0.316 e. The van der Waals surface area contributed by atoms with Crippen LogP contribution in [0.1, 0.15) is 5.56 Å². The monoisotopic (exact) mass is 323 g/mol. The Morgan fingerprint density at radius 1 is 1.09 bits per heavy atom. The molecule has 4 rings (SSSR count). The van der Waals surface area contributed by atoms with Crippen LogP contribution >= 0.6 is 11.3 Å². The molecular weight excluding hydrogens is 310 g/mol. The summed E-state index contributed by atoms with van der Waals surface area (Å²) in [6.45, 7) is 0.548. The van der Waals surface area contributed by atoms with E-state index in [1.165, 1.54) is 0 Å². The Bertz CT molecular complexity index is 882. The van der Waals surface area contributed by atoms with Gasteiger partial charge in [0.1, 0.15) is 0 Å². The Hall–Kier alpha value is -2.93. The standard InChI is InChI=1S/C16H13N5OS/c1-2-5-11(6-3-1)14-12(10-18-19-14)9-17-16-21-20-15(22-16)13-7-4-8-23-13/h1-8,10H,9H2,(H,17,21)(H,18,19). The molecule has 0 aliphatic carbocycles. The van der Waals surface area contributed by atoms with Crippen molar-refractivity contribution in [3.63, 3.8) is 0 Å². The predicted molar refractivity (Wildman–Crippen MR) is 89.0 cm³/mol. The summed E-state index contributed by atoms with van der Waals surface area (Å²) >= 11 is 1.57. The fourth-order valence-electron chi connectivity index (χ4n) is 2.27. The Morgan fingerprint density at radius 3 is 2.83 bits per heavy atom. The molecule has 0 saturated carbocycles. The Morgan fingerprint density at radius 2 is 2.00 bits per heavy atom. The van der Waals surface area contributed by atoms with Crippen molar-refractivity contribution in [3.8, 4) is 22.0 Å². The molecule has 6 nitrogen and oxygen atoms in total. The highest BCUT2D eigenvalue weighted by Gasteiger charge is 2.11. The number of rotatable bonds is 5. The smallest absolute Gasteiger partial charge is 0.316 e. The quantitative estimate of drug-likeness (QED) is 0.584. The van der Waals surface area contributed by atoms with Crippen molar-refractivity contribution in [2.75, 3.05) is 5.32 Å². The van der Waals surface area contributed by atoms with Gasteiger partial charge in [0.05, 0.1) is 16.8 Å². The van der Waals surface area contributed by atoms with Crippen LogP contribution in [0.4, 0.5) is 6.01 Å². The molecule has 0 fully saturated rings. The van der Waals surface area contributed by atoms with E-state index in [9.17, 15) is 0 Å². The second-order valence-electron chi connectivity index (χ2n) is 4.88. The Labute approximate surface area is 136 Å². The van der Waals surface area contributed by atoms with Crippen molar-refractivity contribution in [2.45, 2.75) is 6.54 Å². The second-order valence-corrected chi connectivity index (χ2v) is 5.83. The number of H-pyrrole nitrogens is 1. The number of aromatic amines is 1. The van der Waals surface area contributed by atoms with E-state index >= 15 is 0 Å². The number of thiophene rings is 1. The van der Waals surface area contributed by atoms with Gasteiger partial charge >= 0.3 is 6.01 Å². The summed E-state index contributed by atoms with van der Waals surface area (Å²) in [6, 6.07) is 14.4. The molecule has 0 radical (unpaired) electrons. The van der Waals surface area contributed by atoms with Crippen molar-refractivity contribution in [1.82, 2.24) is 20.4 Å². The zero-order chi connectivity index (χ0) is 15.5. The van der Waals surface area contributed by atoms with Crippen LogP contribution in [0.25, 0.3) is 22.0 Å². The maximum absolute atomic E-state index is 5.62. The summed E-state index contributed by atoms with van der Waals surface area (Å²) in [5.41, 5.74) is 3.11. The number of anilines is 1. The van der Waals surface area contributed by atoms with E-state index in [1.807, 2.05) is 47.8 Å². The van der Waals surface area contributed by atoms with Crippen LogP contribution in [-0.4, -0.2) is 20.4 Å². The minimum absolute atomic E-state index is 0.397. The topological polar surface area (TPSA) is 79.6 Å². The van der Waals surface area contributed by atoms with Crippen LogP contribution < -0.4 is 5.32 Å². The first-order valence-corrected chi connectivity index (χ1v) is 7.97. The van der Waals surface area contributed by atoms with E-state index in [1.54, 1.807) is 17.5 Å². The van der Waals surface area contributed by atoms with Crippen LogP contribution in [0.2, 0.25) is 0 Å². The van der Waals surface area contributed by atoms with Crippen LogP contribution in [0.3, 0.4) is 0 Å². The molecule has 0 aliphatic heterocycles. The lowest BCUT2D eigenvalue weighted by Gasteiger charge is -2.03. The Balaban J connectivity index is 1.49. The summed E-state index contributed by atoms with van der Waals surface area (Å²) in [5.74, 6) is 0.526. The first-order valence-electron chi connectivity index (χ1n) is 7.09. The van der Waals surface area contributed by atoms with Gasteiger partial charge in [0, 0.05) is 12.1 Å². The maximum atomic E-state index is 5.62. The molecule has 2 N–H and O–H groups in total. The molecule has 4 aromatic rings. The highest BCUT2D eigenvalue weighted by atomic mass is 32.1. The van der Waals surface area contributed by atoms with Crippen molar-refractivity contribution >= 4 is 17.4 Å². The van der Waals surface area contributed by atoms with Gasteiger partial charge in [-0.15, -0.1) is 16.4 Å². The zero-order valence-electron chi connectivity index (χ0n) is 12.1. The number of benzene rings is 1. The molecule has 23 heavy (non-hydrogen) atoms. The van der Waals surface area contributed by atoms with E-state index in [0.29, 0.717) is 18.5 Å². The molecule has 0 spiro atoms. The lowest BCUT2D eigenvalue weighted by Crippen LogP contribution is -2.00. The lowest BCUT2D eigenvalue weighted by atomic mass is 10.1. The molecule has 0 saturated heterocycles. The third-order valence-corrected chi connectivity index (χ3v) is 4.23. The fraction of sp³-hybridized carbons (Fsp3) is 0.0625. The minimum Gasteiger partial charge on any atom is -0.403 e. The van der Waals surface area contributed by atoms with Crippen molar-refractivity contribution in [3.05, 3.63) is 59.6 Å². The van der Waals surface area contributed by atoms with E-state index in [0.717, 1.165) is 21.7 Å². The van der Waals surface area contributed by atoms with Crippen LogP contribution in [0.15, 0.2) is 58.5 Å². The van der Waals surface area contributed by atoms with Gasteiger partial charge in [0.25, 0.3) is 5.89 Å². The highest BCUT2D eigenvalue weighted by molar-refractivity contribution is 7.13. The molecule has 114 valence electrons. The normalized spacial score (nSPS) is 10.8. The summed E-state index contributed by atoms with van der Waals surface area (Å²) in [7, 11) is 0. The summed E-state index contributed by atoms with van der Waals surface area (Å²) < 4.78 is 5.62. The number of nitrogens with one attached hydrogen (secondary N) is 2. The molecular formula is C16H13N5OS.